The van der Waals surface area contributed by atoms with Gasteiger partial charge in [-0.1, -0.05) is 6.92 Å². The molecule has 0 aliphatic carbocycles. The maximum atomic E-state index is 13.3. The molecule has 1 unspecified atom stereocenters. The highest BCUT2D eigenvalue weighted by molar-refractivity contribution is 9.10. The fourth-order valence-corrected chi connectivity index (χ4v) is 4.28. The third-order valence-electron chi connectivity index (χ3n) is 2.52. The van der Waals surface area contributed by atoms with E-state index < -0.39 is 15.8 Å². The van der Waals surface area contributed by atoms with Crippen molar-refractivity contribution in [3.8, 4) is 0 Å². The molecule has 0 aliphatic rings. The molecule has 0 saturated carbocycles. The van der Waals surface area contributed by atoms with Crippen LogP contribution in [-0.4, -0.2) is 26.5 Å². The molecule has 0 aliphatic heterocycles. The van der Waals surface area contributed by atoms with E-state index in [1.807, 2.05) is 13.2 Å². The van der Waals surface area contributed by atoms with E-state index in [0.717, 1.165) is 6.07 Å². The van der Waals surface area contributed by atoms with Gasteiger partial charge in [0.25, 0.3) is 0 Å². The summed E-state index contributed by atoms with van der Waals surface area (Å²) in [5.41, 5.74) is 5.48. The van der Waals surface area contributed by atoms with Gasteiger partial charge >= 0.3 is 0 Å². The first-order valence-corrected chi connectivity index (χ1v) is 9.24. The summed E-state index contributed by atoms with van der Waals surface area (Å²) in [6.45, 7) is 1.90. The molecule has 3 N–H and O–H groups in total. The molecule has 0 bridgehead atoms. The fourth-order valence-electron chi connectivity index (χ4n) is 1.50. The molecule has 1 atom stereocenters. The van der Waals surface area contributed by atoms with Gasteiger partial charge in [0.05, 0.1) is 10.2 Å². The molecule has 19 heavy (non-hydrogen) atoms. The number of sulfonamides is 1. The van der Waals surface area contributed by atoms with Crippen LogP contribution < -0.4 is 10.5 Å². The van der Waals surface area contributed by atoms with Crippen molar-refractivity contribution in [2.75, 3.05) is 17.7 Å². The van der Waals surface area contributed by atoms with Crippen LogP contribution in [-0.2, 0) is 10.0 Å². The van der Waals surface area contributed by atoms with E-state index in [2.05, 4.69) is 20.7 Å². The molecule has 0 heterocycles. The molecule has 4 nitrogen and oxygen atoms in total. The van der Waals surface area contributed by atoms with Crippen molar-refractivity contribution in [1.29, 1.82) is 0 Å². The lowest BCUT2D eigenvalue weighted by molar-refractivity contribution is 0.558. The van der Waals surface area contributed by atoms with Gasteiger partial charge in [-0.2, -0.15) is 11.8 Å². The number of benzene rings is 1. The summed E-state index contributed by atoms with van der Waals surface area (Å²) >= 11 is 4.51. The lowest BCUT2D eigenvalue weighted by Gasteiger charge is -2.17. The molecule has 1 aromatic rings. The molecular formula is C11H16BrFN2O2S2. The van der Waals surface area contributed by atoms with E-state index in [0.29, 0.717) is 12.2 Å². The predicted molar refractivity (Wildman–Crippen MR) is 81.3 cm³/mol. The molecule has 8 heteroatoms. The van der Waals surface area contributed by atoms with Gasteiger partial charge in [-0.05, 0) is 40.7 Å². The van der Waals surface area contributed by atoms with Crippen molar-refractivity contribution in [2.24, 2.45) is 0 Å². The fraction of sp³-hybridized carbons (Fsp3) is 0.455. The van der Waals surface area contributed by atoms with Gasteiger partial charge in [0, 0.05) is 11.8 Å². The summed E-state index contributed by atoms with van der Waals surface area (Å²) < 4.78 is 40.3. The molecule has 108 valence electrons. The molecule has 0 radical (unpaired) electrons. The van der Waals surface area contributed by atoms with Gasteiger partial charge in [-0.15, -0.1) is 0 Å². The summed E-state index contributed by atoms with van der Waals surface area (Å²) in [5, 5.41) is 0. The predicted octanol–water partition coefficient (Wildman–Crippen LogP) is 2.59. The molecule has 0 amide bonds. The largest absolute Gasteiger partial charge is 0.398 e. The molecule has 0 aromatic heterocycles. The first kappa shape index (κ1) is 16.7. The van der Waals surface area contributed by atoms with Crippen molar-refractivity contribution in [1.82, 2.24) is 4.72 Å². The summed E-state index contributed by atoms with van der Waals surface area (Å²) in [7, 11) is -3.75. The topological polar surface area (TPSA) is 72.2 Å². The number of rotatable bonds is 6. The average Bonchev–Trinajstić information content (AvgIpc) is 2.32. The van der Waals surface area contributed by atoms with Crippen LogP contribution in [0.15, 0.2) is 21.5 Å². The Morgan fingerprint density at radius 2 is 2.16 bits per heavy atom. The second-order valence-electron chi connectivity index (χ2n) is 3.99. The minimum absolute atomic E-state index is 0.0694. The number of nitrogens with two attached hydrogens (primary N) is 1. The first-order chi connectivity index (χ1) is 8.81. The average molecular weight is 371 g/mol. The Morgan fingerprint density at radius 3 is 2.68 bits per heavy atom. The van der Waals surface area contributed by atoms with Crippen LogP contribution in [0.5, 0.6) is 0 Å². The van der Waals surface area contributed by atoms with Gasteiger partial charge in [0.1, 0.15) is 10.7 Å². The van der Waals surface area contributed by atoms with Crippen molar-refractivity contribution >= 4 is 43.4 Å². The van der Waals surface area contributed by atoms with Crippen molar-refractivity contribution in [3.05, 3.63) is 22.4 Å². The van der Waals surface area contributed by atoms with Gasteiger partial charge in [-0.25, -0.2) is 17.5 Å². The van der Waals surface area contributed by atoms with Crippen LogP contribution >= 0.6 is 27.7 Å². The van der Waals surface area contributed by atoms with E-state index in [1.54, 1.807) is 11.8 Å². The van der Waals surface area contributed by atoms with Crippen LogP contribution in [0.3, 0.4) is 0 Å². The Morgan fingerprint density at radius 1 is 1.53 bits per heavy atom. The smallest absolute Gasteiger partial charge is 0.242 e. The summed E-state index contributed by atoms with van der Waals surface area (Å²) in [6.07, 6.45) is 2.57. The second kappa shape index (κ2) is 6.92. The van der Waals surface area contributed by atoms with Gasteiger partial charge < -0.3 is 5.73 Å². The van der Waals surface area contributed by atoms with E-state index in [1.165, 1.54) is 6.07 Å². The number of anilines is 1. The zero-order valence-electron chi connectivity index (χ0n) is 10.6. The van der Waals surface area contributed by atoms with Crippen molar-refractivity contribution in [2.45, 2.75) is 24.3 Å². The number of nitrogen functional groups attached to an aromatic ring is 1. The summed E-state index contributed by atoms with van der Waals surface area (Å²) in [5.74, 6) is 0.0745. The lowest BCUT2D eigenvalue weighted by Crippen LogP contribution is -2.36. The Hall–Kier alpha value is -0.310. The standard InChI is InChI=1S/C11H16BrFN2O2S2/c1-3-7(6-18-2)15-19(16,17)11-4-8(12)9(13)5-10(11)14/h4-5,7,15H,3,6,14H2,1-2H3. The number of hydrogen-bond donors (Lipinski definition) is 2. The summed E-state index contributed by atoms with van der Waals surface area (Å²) in [4.78, 5) is -0.111. The van der Waals surface area contributed by atoms with Gasteiger partial charge in [0.2, 0.25) is 10.0 Å². The SMILES string of the molecule is CCC(CSC)NS(=O)(=O)c1cc(Br)c(F)cc1N. The highest BCUT2D eigenvalue weighted by Crippen LogP contribution is 2.26. The first-order valence-electron chi connectivity index (χ1n) is 5.57. The minimum Gasteiger partial charge on any atom is -0.398 e. The van der Waals surface area contributed by atoms with E-state index in [9.17, 15) is 12.8 Å². The third kappa shape index (κ3) is 4.34. The van der Waals surface area contributed by atoms with Crippen LogP contribution in [0.4, 0.5) is 10.1 Å². The Balaban J connectivity index is 3.10. The Bertz CT molecular complexity index is 552. The quantitative estimate of drug-likeness (QED) is 0.754. The highest BCUT2D eigenvalue weighted by atomic mass is 79.9. The third-order valence-corrected chi connectivity index (χ3v) is 5.44. The number of nitrogens with one attached hydrogen (secondary N) is 1. The molecule has 1 aromatic carbocycles. The summed E-state index contributed by atoms with van der Waals surface area (Å²) in [6, 6.07) is 2.00. The maximum Gasteiger partial charge on any atom is 0.242 e. The molecule has 0 spiro atoms. The normalized spacial score (nSPS) is 13.5. The number of hydrogen-bond acceptors (Lipinski definition) is 4. The van der Waals surface area contributed by atoms with Crippen LogP contribution in [0.1, 0.15) is 13.3 Å². The zero-order valence-corrected chi connectivity index (χ0v) is 13.8. The highest BCUT2D eigenvalue weighted by Gasteiger charge is 2.22. The van der Waals surface area contributed by atoms with E-state index in [4.69, 9.17) is 5.73 Å². The molecule has 1 rings (SSSR count). The monoisotopic (exact) mass is 370 g/mol. The van der Waals surface area contributed by atoms with Crippen LogP contribution in [0.2, 0.25) is 0 Å². The van der Waals surface area contributed by atoms with E-state index >= 15 is 0 Å². The van der Waals surface area contributed by atoms with E-state index in [-0.39, 0.29) is 21.1 Å². The van der Waals surface area contributed by atoms with Crippen LogP contribution in [0.25, 0.3) is 0 Å². The zero-order chi connectivity index (χ0) is 14.6. The number of thioether (sulfide) groups is 1. The maximum absolute atomic E-state index is 13.3. The second-order valence-corrected chi connectivity index (χ2v) is 7.43. The minimum atomic E-state index is -3.75. The van der Waals surface area contributed by atoms with Gasteiger partial charge in [-0.3, -0.25) is 0 Å². The molecule has 0 saturated heterocycles. The lowest BCUT2D eigenvalue weighted by atomic mass is 10.3. The molecular weight excluding hydrogens is 355 g/mol. The van der Waals surface area contributed by atoms with Crippen molar-refractivity contribution in [3.63, 3.8) is 0 Å². The Kier molecular flexibility index (Phi) is 6.10. The molecule has 0 fully saturated rings. The van der Waals surface area contributed by atoms with Crippen LogP contribution in [0, 0.1) is 5.82 Å². The Labute approximate surface area is 125 Å². The van der Waals surface area contributed by atoms with Crippen molar-refractivity contribution < 1.29 is 12.8 Å². The number of halogens is 2. The van der Waals surface area contributed by atoms with Gasteiger partial charge in [0.15, 0.2) is 0 Å².